The molecule has 4 N–H and O–H groups in total. The zero-order valence-electron chi connectivity index (χ0n) is 9.25. The topological polar surface area (TPSA) is 75.4 Å². The second kappa shape index (κ2) is 5.32. The average Bonchev–Trinajstić information content (AvgIpc) is 2.19. The van der Waals surface area contributed by atoms with Gasteiger partial charge in [-0.25, -0.2) is 0 Å². The van der Waals surface area contributed by atoms with Gasteiger partial charge in [0, 0.05) is 22.3 Å². The van der Waals surface area contributed by atoms with E-state index in [1.165, 1.54) is 0 Å². The summed E-state index contributed by atoms with van der Waals surface area (Å²) in [5, 5.41) is 11.7. The Morgan fingerprint density at radius 3 is 2.81 bits per heavy atom. The number of aliphatic hydroxyl groups excluding tert-OH is 1. The maximum atomic E-state index is 11.8. The lowest BCUT2D eigenvalue weighted by atomic mass is 10.1. The predicted octanol–water partition coefficient (Wildman–Crippen LogP) is 1.45. The highest BCUT2D eigenvalue weighted by molar-refractivity contribution is 9.10. The van der Waals surface area contributed by atoms with E-state index in [9.17, 15) is 4.79 Å². The first-order valence-electron chi connectivity index (χ1n) is 4.93. The molecule has 1 aromatic carbocycles. The van der Waals surface area contributed by atoms with Gasteiger partial charge in [0.1, 0.15) is 0 Å². The van der Waals surface area contributed by atoms with E-state index in [0.717, 1.165) is 10.0 Å². The number of nitrogen functional groups attached to an aromatic ring is 1. The molecule has 0 aromatic heterocycles. The van der Waals surface area contributed by atoms with Gasteiger partial charge in [0.15, 0.2) is 0 Å². The lowest BCUT2D eigenvalue weighted by Crippen LogP contribution is -2.31. The Balaban J connectivity index is 2.91. The lowest BCUT2D eigenvalue weighted by molar-refractivity contribution is 0.0923. The van der Waals surface area contributed by atoms with E-state index in [2.05, 4.69) is 21.2 Å². The van der Waals surface area contributed by atoms with E-state index >= 15 is 0 Å². The highest BCUT2D eigenvalue weighted by Gasteiger charge is 2.12. The molecule has 0 fully saturated rings. The van der Waals surface area contributed by atoms with Gasteiger partial charge in [-0.05, 0) is 31.5 Å². The Morgan fingerprint density at radius 1 is 1.62 bits per heavy atom. The maximum Gasteiger partial charge on any atom is 0.251 e. The number of hydrogen-bond acceptors (Lipinski definition) is 3. The van der Waals surface area contributed by atoms with E-state index in [4.69, 9.17) is 10.8 Å². The number of hydrogen-bond donors (Lipinski definition) is 3. The third-order valence-electron chi connectivity index (χ3n) is 2.22. The van der Waals surface area contributed by atoms with Gasteiger partial charge in [-0.15, -0.1) is 0 Å². The molecule has 0 saturated heterocycles. The molecule has 0 radical (unpaired) electrons. The van der Waals surface area contributed by atoms with Crippen LogP contribution in [0.2, 0.25) is 0 Å². The van der Waals surface area contributed by atoms with Crippen molar-refractivity contribution in [2.45, 2.75) is 20.0 Å². The van der Waals surface area contributed by atoms with Crippen molar-refractivity contribution in [1.82, 2.24) is 5.32 Å². The molecule has 0 aliphatic heterocycles. The number of nitrogens with two attached hydrogens (primary N) is 1. The number of amides is 1. The number of nitrogens with one attached hydrogen (secondary N) is 1. The van der Waals surface area contributed by atoms with Gasteiger partial charge in [-0.1, -0.05) is 15.9 Å². The fourth-order valence-corrected chi connectivity index (χ4v) is 1.75. The molecular weight excluding hydrogens is 272 g/mol. The fourth-order valence-electron chi connectivity index (χ4n) is 1.27. The molecule has 0 unspecified atom stereocenters. The van der Waals surface area contributed by atoms with Crippen LogP contribution in [0.1, 0.15) is 22.8 Å². The van der Waals surface area contributed by atoms with Gasteiger partial charge in [-0.2, -0.15) is 0 Å². The van der Waals surface area contributed by atoms with E-state index in [1.54, 1.807) is 26.0 Å². The minimum absolute atomic E-state index is 0.227. The first kappa shape index (κ1) is 13.0. The molecule has 1 rings (SSSR count). The molecule has 0 spiro atoms. The summed E-state index contributed by atoms with van der Waals surface area (Å²) in [6.07, 6.45) is -0.561. The second-order valence-electron chi connectivity index (χ2n) is 3.73. The molecule has 0 heterocycles. The Labute approximate surface area is 103 Å². The van der Waals surface area contributed by atoms with Crippen LogP contribution in [-0.4, -0.2) is 23.7 Å². The van der Waals surface area contributed by atoms with E-state index in [1.807, 2.05) is 0 Å². The van der Waals surface area contributed by atoms with Crippen LogP contribution in [0.4, 0.5) is 5.69 Å². The predicted molar refractivity (Wildman–Crippen MR) is 67.3 cm³/mol. The van der Waals surface area contributed by atoms with Crippen LogP contribution < -0.4 is 11.1 Å². The summed E-state index contributed by atoms with van der Waals surface area (Å²) < 4.78 is 0.762. The van der Waals surface area contributed by atoms with Crippen LogP contribution >= 0.6 is 15.9 Å². The molecule has 1 amide bonds. The van der Waals surface area contributed by atoms with Crippen LogP contribution in [0.5, 0.6) is 0 Å². The molecule has 0 saturated carbocycles. The van der Waals surface area contributed by atoms with Crippen molar-refractivity contribution in [3.8, 4) is 0 Å². The standard InChI is InChI=1S/C11H15BrN2O2/c1-6(15)5-14-11(16)9-3-8(12)4-10(13)7(9)2/h3-4,6,15H,5,13H2,1-2H3,(H,14,16)/t6-/m1/s1. The van der Waals surface area contributed by atoms with Crippen molar-refractivity contribution >= 4 is 27.5 Å². The number of anilines is 1. The highest BCUT2D eigenvalue weighted by atomic mass is 79.9. The minimum atomic E-state index is -0.561. The summed E-state index contributed by atoms with van der Waals surface area (Å²) in [6.45, 7) is 3.63. The van der Waals surface area contributed by atoms with Gasteiger partial charge in [0.05, 0.1) is 6.10 Å². The van der Waals surface area contributed by atoms with Crippen LogP contribution in [0, 0.1) is 6.92 Å². The Kier molecular flexibility index (Phi) is 4.32. The number of carbonyl (C=O) groups excluding carboxylic acids is 1. The molecule has 88 valence electrons. The van der Waals surface area contributed by atoms with Crippen LogP contribution in [0.25, 0.3) is 0 Å². The number of carbonyl (C=O) groups is 1. The van der Waals surface area contributed by atoms with Crippen LogP contribution in [0.3, 0.4) is 0 Å². The quantitative estimate of drug-likeness (QED) is 0.736. The average molecular weight is 287 g/mol. The molecule has 0 aliphatic rings. The SMILES string of the molecule is Cc1c(N)cc(Br)cc1C(=O)NC[C@@H](C)O. The largest absolute Gasteiger partial charge is 0.398 e. The number of halogens is 1. The van der Waals surface area contributed by atoms with Crippen molar-refractivity contribution in [2.24, 2.45) is 0 Å². The fraction of sp³-hybridized carbons (Fsp3) is 0.364. The van der Waals surface area contributed by atoms with Crippen molar-refractivity contribution in [2.75, 3.05) is 12.3 Å². The summed E-state index contributed by atoms with van der Waals surface area (Å²) in [5.41, 5.74) is 7.58. The normalized spacial score (nSPS) is 12.2. The molecule has 4 nitrogen and oxygen atoms in total. The van der Waals surface area contributed by atoms with Gasteiger partial charge < -0.3 is 16.2 Å². The highest BCUT2D eigenvalue weighted by Crippen LogP contribution is 2.22. The maximum absolute atomic E-state index is 11.8. The summed E-state index contributed by atoms with van der Waals surface area (Å²) in [6, 6.07) is 3.46. The Bertz CT molecular complexity index is 405. The van der Waals surface area contributed by atoms with E-state index in [-0.39, 0.29) is 12.5 Å². The van der Waals surface area contributed by atoms with E-state index < -0.39 is 6.10 Å². The molecule has 5 heteroatoms. The molecular formula is C11H15BrN2O2. The Hall–Kier alpha value is -1.07. The first-order valence-corrected chi connectivity index (χ1v) is 5.73. The van der Waals surface area contributed by atoms with E-state index in [0.29, 0.717) is 11.3 Å². The molecule has 0 aliphatic carbocycles. The number of rotatable bonds is 3. The van der Waals surface area contributed by atoms with Crippen molar-refractivity contribution in [3.05, 3.63) is 27.7 Å². The number of aliphatic hydroxyl groups is 1. The van der Waals surface area contributed by atoms with Crippen molar-refractivity contribution in [1.29, 1.82) is 0 Å². The monoisotopic (exact) mass is 286 g/mol. The second-order valence-corrected chi connectivity index (χ2v) is 4.64. The number of benzene rings is 1. The minimum Gasteiger partial charge on any atom is -0.398 e. The Morgan fingerprint density at radius 2 is 2.25 bits per heavy atom. The van der Waals surface area contributed by atoms with Gasteiger partial charge >= 0.3 is 0 Å². The van der Waals surface area contributed by atoms with Crippen LogP contribution in [0.15, 0.2) is 16.6 Å². The summed E-state index contributed by atoms with van der Waals surface area (Å²) in [5.74, 6) is -0.230. The summed E-state index contributed by atoms with van der Waals surface area (Å²) >= 11 is 3.29. The molecule has 0 bridgehead atoms. The molecule has 16 heavy (non-hydrogen) atoms. The first-order chi connectivity index (χ1) is 7.41. The molecule has 1 aromatic rings. The zero-order chi connectivity index (χ0) is 12.3. The van der Waals surface area contributed by atoms with Gasteiger partial charge in [0.25, 0.3) is 5.91 Å². The zero-order valence-corrected chi connectivity index (χ0v) is 10.8. The lowest BCUT2D eigenvalue weighted by Gasteiger charge is -2.11. The summed E-state index contributed by atoms with van der Waals surface area (Å²) in [4.78, 5) is 11.8. The smallest absolute Gasteiger partial charge is 0.251 e. The third-order valence-corrected chi connectivity index (χ3v) is 2.67. The van der Waals surface area contributed by atoms with Crippen molar-refractivity contribution < 1.29 is 9.90 Å². The van der Waals surface area contributed by atoms with Crippen LogP contribution in [-0.2, 0) is 0 Å². The van der Waals surface area contributed by atoms with Crippen molar-refractivity contribution in [3.63, 3.8) is 0 Å². The molecule has 1 atom stereocenters. The van der Waals surface area contributed by atoms with Gasteiger partial charge in [-0.3, -0.25) is 4.79 Å². The van der Waals surface area contributed by atoms with Gasteiger partial charge in [0.2, 0.25) is 0 Å². The summed E-state index contributed by atoms with van der Waals surface area (Å²) in [7, 11) is 0. The third kappa shape index (κ3) is 3.21.